The molecule has 0 saturated heterocycles. The molecule has 2 aromatic carbocycles. The second-order valence-electron chi connectivity index (χ2n) is 5.97. The number of ether oxygens (including phenoxy) is 1. The number of hydrogen-bond acceptors (Lipinski definition) is 2. The van der Waals surface area contributed by atoms with Crippen LogP contribution in [-0.2, 0) is 0 Å². The number of benzene rings is 2. The molecule has 2 rings (SSSR count). The van der Waals surface area contributed by atoms with Crippen molar-refractivity contribution in [2.24, 2.45) is 0 Å². The maximum absolute atomic E-state index is 5.47. The van der Waals surface area contributed by atoms with Gasteiger partial charge in [0.05, 0.1) is 40.3 Å². The van der Waals surface area contributed by atoms with Gasteiger partial charge in [0.15, 0.2) is 5.11 Å². The fraction of sp³-hybridized carbons (Fsp3) is 0.316. The highest BCUT2D eigenvalue weighted by atomic mass is 32.1. The lowest BCUT2D eigenvalue weighted by atomic mass is 9.99. The van der Waals surface area contributed by atoms with Gasteiger partial charge in [-0.2, -0.15) is 0 Å². The Kier molecular flexibility index (Phi) is 7.03. The molecule has 4 nitrogen and oxygen atoms in total. The largest absolute Gasteiger partial charge is 0.497 e. The lowest BCUT2D eigenvalue weighted by Crippen LogP contribution is -3.06. The molecule has 0 amide bonds. The van der Waals surface area contributed by atoms with Crippen LogP contribution in [0.15, 0.2) is 54.6 Å². The van der Waals surface area contributed by atoms with Gasteiger partial charge in [-0.3, -0.25) is 0 Å². The first kappa shape index (κ1) is 18.2. The van der Waals surface area contributed by atoms with Gasteiger partial charge >= 0.3 is 0 Å². The quantitative estimate of drug-likeness (QED) is 0.664. The minimum absolute atomic E-state index is 0.00353. The van der Waals surface area contributed by atoms with Crippen molar-refractivity contribution in [2.75, 3.05) is 34.3 Å². The topological polar surface area (TPSA) is 37.7 Å². The summed E-state index contributed by atoms with van der Waals surface area (Å²) in [6.07, 6.45) is 0. The van der Waals surface area contributed by atoms with Crippen molar-refractivity contribution in [1.29, 1.82) is 0 Å². The second kappa shape index (κ2) is 9.25. The molecule has 0 aliphatic rings. The van der Waals surface area contributed by atoms with E-state index in [1.807, 2.05) is 30.3 Å². The Hall–Kier alpha value is -2.11. The van der Waals surface area contributed by atoms with Gasteiger partial charge in [-0.05, 0) is 35.5 Å². The molecule has 24 heavy (non-hydrogen) atoms. The predicted molar refractivity (Wildman–Crippen MR) is 103 cm³/mol. The van der Waals surface area contributed by atoms with E-state index in [4.69, 9.17) is 17.0 Å². The van der Waals surface area contributed by atoms with Crippen LogP contribution in [-0.4, -0.2) is 39.4 Å². The molecule has 0 fully saturated rings. The summed E-state index contributed by atoms with van der Waals surface area (Å²) in [5.74, 6) is 0.847. The van der Waals surface area contributed by atoms with Crippen LogP contribution in [0.2, 0.25) is 0 Å². The van der Waals surface area contributed by atoms with E-state index in [2.05, 4.69) is 49.0 Å². The van der Waals surface area contributed by atoms with Gasteiger partial charge < -0.3 is 20.3 Å². The standard InChI is InChI=1S/C19H25N3OS/c1-22(2)14-13-20-19(24)21-18(15-7-5-4-6-8-15)16-9-11-17(23-3)12-10-16/h4-12,18H,13-14H2,1-3H3,(H2,20,21,24)/p+1/t18-/m1/s1. The zero-order valence-corrected chi connectivity index (χ0v) is 15.3. The zero-order chi connectivity index (χ0) is 17.4. The summed E-state index contributed by atoms with van der Waals surface area (Å²) in [4.78, 5) is 1.39. The minimum Gasteiger partial charge on any atom is -0.497 e. The molecule has 2 aromatic rings. The van der Waals surface area contributed by atoms with E-state index in [1.165, 1.54) is 10.5 Å². The maximum Gasteiger partial charge on any atom is 0.167 e. The number of likely N-dealkylation sites (N-methyl/N-ethyl adjacent to an activating group) is 1. The van der Waals surface area contributed by atoms with E-state index in [1.54, 1.807) is 7.11 Å². The molecule has 5 heteroatoms. The van der Waals surface area contributed by atoms with Crippen molar-refractivity contribution >= 4 is 17.3 Å². The predicted octanol–water partition coefficient (Wildman–Crippen LogP) is 1.39. The van der Waals surface area contributed by atoms with E-state index in [9.17, 15) is 0 Å². The molecule has 3 N–H and O–H groups in total. The normalized spacial score (nSPS) is 11.8. The molecule has 1 atom stereocenters. The molecule has 0 spiro atoms. The van der Waals surface area contributed by atoms with Gasteiger partial charge in [0.2, 0.25) is 0 Å². The van der Waals surface area contributed by atoms with E-state index in [0.717, 1.165) is 24.4 Å². The number of methoxy groups -OCH3 is 1. The summed E-state index contributed by atoms with van der Waals surface area (Å²) in [5, 5.41) is 7.38. The monoisotopic (exact) mass is 344 g/mol. The van der Waals surface area contributed by atoms with Crippen LogP contribution in [0.4, 0.5) is 0 Å². The van der Waals surface area contributed by atoms with Crippen LogP contribution in [0, 0.1) is 0 Å². The van der Waals surface area contributed by atoms with Gasteiger partial charge in [0, 0.05) is 0 Å². The first-order chi connectivity index (χ1) is 11.6. The van der Waals surface area contributed by atoms with Gasteiger partial charge in [0.25, 0.3) is 0 Å². The van der Waals surface area contributed by atoms with Crippen LogP contribution in [0.3, 0.4) is 0 Å². The Bertz CT molecular complexity index is 629. The lowest BCUT2D eigenvalue weighted by molar-refractivity contribution is -0.856. The van der Waals surface area contributed by atoms with Crippen LogP contribution in [0.25, 0.3) is 0 Å². The third kappa shape index (κ3) is 5.51. The van der Waals surface area contributed by atoms with Crippen LogP contribution >= 0.6 is 12.2 Å². The molecule has 0 bridgehead atoms. The highest BCUT2D eigenvalue weighted by Gasteiger charge is 2.15. The number of hydrogen-bond donors (Lipinski definition) is 3. The van der Waals surface area contributed by atoms with Gasteiger partial charge in [-0.1, -0.05) is 42.5 Å². The summed E-state index contributed by atoms with van der Waals surface area (Å²) < 4.78 is 5.25. The lowest BCUT2D eigenvalue weighted by Gasteiger charge is -2.22. The second-order valence-corrected chi connectivity index (χ2v) is 6.38. The Morgan fingerprint density at radius 2 is 1.67 bits per heavy atom. The van der Waals surface area contributed by atoms with Gasteiger partial charge in [0.1, 0.15) is 5.75 Å². The molecule has 0 aromatic heterocycles. The Morgan fingerprint density at radius 1 is 1.04 bits per heavy atom. The minimum atomic E-state index is 0.00353. The van der Waals surface area contributed by atoms with E-state index >= 15 is 0 Å². The van der Waals surface area contributed by atoms with Crippen molar-refractivity contribution in [3.8, 4) is 5.75 Å². The molecule has 0 saturated carbocycles. The van der Waals surface area contributed by atoms with Crippen LogP contribution < -0.4 is 20.3 Å². The van der Waals surface area contributed by atoms with Gasteiger partial charge in [-0.25, -0.2) is 0 Å². The van der Waals surface area contributed by atoms with Crippen LogP contribution in [0.5, 0.6) is 5.75 Å². The van der Waals surface area contributed by atoms with E-state index < -0.39 is 0 Å². The fourth-order valence-electron chi connectivity index (χ4n) is 2.41. The van der Waals surface area contributed by atoms with Crippen molar-refractivity contribution in [3.63, 3.8) is 0 Å². The van der Waals surface area contributed by atoms with Crippen molar-refractivity contribution in [3.05, 3.63) is 65.7 Å². The molecule has 0 aliphatic heterocycles. The van der Waals surface area contributed by atoms with E-state index in [-0.39, 0.29) is 6.04 Å². The molecule has 128 valence electrons. The fourth-order valence-corrected chi connectivity index (χ4v) is 2.63. The molecule has 0 heterocycles. The first-order valence-corrected chi connectivity index (χ1v) is 8.53. The SMILES string of the molecule is COc1ccc([C@H](NC(=S)NCC[NH+](C)C)c2ccccc2)cc1. The summed E-state index contributed by atoms with van der Waals surface area (Å²) in [6, 6.07) is 18.4. The summed E-state index contributed by atoms with van der Waals surface area (Å²) in [5.41, 5.74) is 2.31. The van der Waals surface area contributed by atoms with Gasteiger partial charge in [-0.15, -0.1) is 0 Å². The average molecular weight is 345 g/mol. The smallest absolute Gasteiger partial charge is 0.167 e. The summed E-state index contributed by atoms with van der Waals surface area (Å²) in [7, 11) is 5.93. The van der Waals surface area contributed by atoms with Crippen molar-refractivity contribution in [2.45, 2.75) is 6.04 Å². The third-order valence-electron chi connectivity index (χ3n) is 3.77. The Labute approximate surface area is 149 Å². The molecule has 0 unspecified atom stereocenters. The highest BCUT2D eigenvalue weighted by Crippen LogP contribution is 2.24. The first-order valence-electron chi connectivity index (χ1n) is 8.12. The third-order valence-corrected chi connectivity index (χ3v) is 4.03. The number of thiocarbonyl (C=S) groups is 1. The Balaban J connectivity index is 2.12. The van der Waals surface area contributed by atoms with Crippen LogP contribution in [0.1, 0.15) is 17.2 Å². The Morgan fingerprint density at radius 3 is 2.25 bits per heavy atom. The molecular formula is C19H26N3OS+. The van der Waals surface area contributed by atoms with Crippen molar-refractivity contribution < 1.29 is 9.64 Å². The number of rotatable bonds is 7. The van der Waals surface area contributed by atoms with Crippen molar-refractivity contribution in [1.82, 2.24) is 10.6 Å². The maximum atomic E-state index is 5.47. The summed E-state index contributed by atoms with van der Waals surface area (Å²) >= 11 is 5.47. The highest BCUT2D eigenvalue weighted by molar-refractivity contribution is 7.80. The number of quaternary nitrogens is 1. The molecular weight excluding hydrogens is 318 g/mol. The number of nitrogens with one attached hydrogen (secondary N) is 3. The molecule has 0 aliphatic carbocycles. The molecule has 0 radical (unpaired) electrons. The van der Waals surface area contributed by atoms with E-state index in [0.29, 0.717) is 5.11 Å². The summed E-state index contributed by atoms with van der Waals surface area (Å²) in [6.45, 7) is 1.86. The zero-order valence-electron chi connectivity index (χ0n) is 14.5. The average Bonchev–Trinajstić information content (AvgIpc) is 2.60.